The van der Waals surface area contributed by atoms with Crippen LogP contribution in [0.5, 0.6) is 5.75 Å². The average Bonchev–Trinajstić information content (AvgIpc) is 3.18. The summed E-state index contributed by atoms with van der Waals surface area (Å²) in [5, 5.41) is 0. The molecule has 164 valence electrons. The summed E-state index contributed by atoms with van der Waals surface area (Å²) in [5.41, 5.74) is 2.74. The summed E-state index contributed by atoms with van der Waals surface area (Å²) in [7, 11) is 0. The average molecular weight is 449 g/mol. The molecule has 0 aliphatic heterocycles. The van der Waals surface area contributed by atoms with Crippen LogP contribution in [0.1, 0.15) is 51.2 Å². The molecule has 0 fully saturated rings. The van der Waals surface area contributed by atoms with Gasteiger partial charge in [0.15, 0.2) is 0 Å². The molecule has 0 N–H and O–H groups in total. The summed E-state index contributed by atoms with van der Waals surface area (Å²) in [5.74, 6) is 0.308. The van der Waals surface area contributed by atoms with Gasteiger partial charge < -0.3 is 9.47 Å². The summed E-state index contributed by atoms with van der Waals surface area (Å²) in [6.45, 7) is 7.79. The Morgan fingerprint density at radius 2 is 1.65 bits per heavy atom. The number of esters is 1. The van der Waals surface area contributed by atoms with Crippen molar-refractivity contribution in [1.82, 2.24) is 0 Å². The predicted octanol–water partition coefficient (Wildman–Crippen LogP) is 7.37. The molecule has 0 amide bonds. The molecule has 1 atom stereocenters. The quantitative estimate of drug-likeness (QED) is 0.369. The minimum Gasteiger partial charge on any atom is -0.485 e. The van der Waals surface area contributed by atoms with Crippen LogP contribution in [0.15, 0.2) is 48.5 Å². The van der Waals surface area contributed by atoms with Crippen LogP contribution in [-0.4, -0.2) is 12.6 Å². The molecular weight excluding hydrogens is 425 g/mol. The monoisotopic (exact) mass is 448 g/mol. The van der Waals surface area contributed by atoms with Crippen molar-refractivity contribution in [2.75, 3.05) is 6.61 Å². The summed E-state index contributed by atoms with van der Waals surface area (Å²) < 4.78 is 49.6. The highest BCUT2D eigenvalue weighted by atomic mass is 32.1. The van der Waals surface area contributed by atoms with Gasteiger partial charge in [0.1, 0.15) is 16.7 Å². The van der Waals surface area contributed by atoms with Crippen molar-refractivity contribution in [2.24, 2.45) is 0 Å². The van der Waals surface area contributed by atoms with E-state index in [1.54, 1.807) is 13.0 Å². The lowest BCUT2D eigenvalue weighted by molar-refractivity contribution is -0.137. The number of alkyl halides is 3. The van der Waals surface area contributed by atoms with E-state index in [2.05, 4.69) is 0 Å². The molecule has 0 aliphatic rings. The highest BCUT2D eigenvalue weighted by molar-refractivity contribution is 7.14. The predicted molar refractivity (Wildman–Crippen MR) is 116 cm³/mol. The highest BCUT2D eigenvalue weighted by Gasteiger charge is 2.30. The van der Waals surface area contributed by atoms with Crippen molar-refractivity contribution in [2.45, 2.75) is 40.0 Å². The Kier molecular flexibility index (Phi) is 6.74. The molecule has 0 bridgehead atoms. The fourth-order valence-electron chi connectivity index (χ4n) is 3.42. The number of ether oxygens (including phenoxy) is 2. The molecule has 0 radical (unpaired) electrons. The topological polar surface area (TPSA) is 35.5 Å². The number of hydrogen-bond donors (Lipinski definition) is 0. The zero-order chi connectivity index (χ0) is 22.8. The number of carbonyl (C=O) groups excluding carboxylic acids is 1. The van der Waals surface area contributed by atoms with Crippen molar-refractivity contribution in [3.05, 3.63) is 75.0 Å². The van der Waals surface area contributed by atoms with Crippen molar-refractivity contribution < 1.29 is 27.4 Å². The Labute approximate surface area is 183 Å². The molecule has 3 rings (SSSR count). The molecule has 2 aromatic carbocycles. The van der Waals surface area contributed by atoms with Crippen LogP contribution in [0.2, 0.25) is 0 Å². The van der Waals surface area contributed by atoms with E-state index in [9.17, 15) is 18.0 Å². The molecule has 0 spiro atoms. The van der Waals surface area contributed by atoms with Gasteiger partial charge in [0, 0.05) is 4.88 Å². The Balaban J connectivity index is 1.80. The van der Waals surface area contributed by atoms with Gasteiger partial charge in [-0.25, -0.2) is 4.79 Å². The van der Waals surface area contributed by atoms with Crippen LogP contribution in [-0.2, 0) is 10.9 Å². The smallest absolute Gasteiger partial charge is 0.416 e. The Morgan fingerprint density at radius 1 is 1.03 bits per heavy atom. The molecule has 7 heteroatoms. The zero-order valence-corrected chi connectivity index (χ0v) is 18.5. The van der Waals surface area contributed by atoms with Crippen LogP contribution < -0.4 is 4.74 Å². The third-order valence-corrected chi connectivity index (χ3v) is 6.05. The minimum atomic E-state index is -4.36. The molecule has 1 aromatic heterocycles. The fourth-order valence-corrected chi connectivity index (χ4v) is 4.30. The molecular formula is C24H23F3O3S. The third-order valence-electron chi connectivity index (χ3n) is 4.82. The molecule has 0 aliphatic carbocycles. The number of thiophene rings is 1. The van der Waals surface area contributed by atoms with Crippen LogP contribution in [0.4, 0.5) is 13.2 Å². The fraction of sp³-hybridized carbons (Fsp3) is 0.292. The van der Waals surface area contributed by atoms with Crippen LogP contribution >= 0.6 is 11.3 Å². The van der Waals surface area contributed by atoms with Crippen LogP contribution in [0.3, 0.4) is 0 Å². The van der Waals surface area contributed by atoms with E-state index in [1.165, 1.54) is 23.5 Å². The third kappa shape index (κ3) is 5.28. The lowest BCUT2D eigenvalue weighted by atomic mass is 9.94. The van der Waals surface area contributed by atoms with Crippen molar-refractivity contribution in [3.63, 3.8) is 0 Å². The number of hydrogen-bond acceptors (Lipinski definition) is 4. The molecule has 0 saturated carbocycles. The van der Waals surface area contributed by atoms with E-state index in [0.717, 1.165) is 39.3 Å². The maximum atomic E-state index is 12.8. The van der Waals surface area contributed by atoms with Gasteiger partial charge in [-0.15, -0.1) is 11.3 Å². The van der Waals surface area contributed by atoms with E-state index < -0.39 is 11.7 Å². The summed E-state index contributed by atoms with van der Waals surface area (Å²) in [4.78, 5) is 13.3. The van der Waals surface area contributed by atoms with E-state index in [0.29, 0.717) is 17.2 Å². The van der Waals surface area contributed by atoms with Gasteiger partial charge in [-0.3, -0.25) is 0 Å². The van der Waals surface area contributed by atoms with Crippen LogP contribution in [0, 0.1) is 13.8 Å². The molecule has 3 aromatic rings. The van der Waals surface area contributed by atoms with Gasteiger partial charge in [0.2, 0.25) is 0 Å². The molecule has 3 nitrogen and oxygen atoms in total. The number of halogens is 3. The molecule has 1 unspecified atom stereocenters. The summed E-state index contributed by atoms with van der Waals surface area (Å²) in [6.07, 6.45) is -4.63. The zero-order valence-electron chi connectivity index (χ0n) is 17.7. The number of aryl methyl sites for hydroxylation is 2. The van der Waals surface area contributed by atoms with Gasteiger partial charge in [0.05, 0.1) is 12.2 Å². The molecule has 0 saturated heterocycles. The SMILES string of the molecule is CCOC(=O)c1ccc(C(C)Oc2cc(C)c(-c3ccc(C(F)(F)F)cc3)c(C)c2)s1. The van der Waals surface area contributed by atoms with E-state index in [4.69, 9.17) is 9.47 Å². The molecule has 1 heterocycles. The van der Waals surface area contributed by atoms with Gasteiger partial charge in [-0.2, -0.15) is 13.2 Å². The second-order valence-electron chi connectivity index (χ2n) is 7.19. The first kappa shape index (κ1) is 22.9. The lowest BCUT2D eigenvalue weighted by Crippen LogP contribution is -2.04. The Morgan fingerprint density at radius 3 is 2.19 bits per heavy atom. The number of carbonyl (C=O) groups is 1. The van der Waals surface area contributed by atoms with Crippen molar-refractivity contribution in [1.29, 1.82) is 0 Å². The van der Waals surface area contributed by atoms with E-state index in [-0.39, 0.29) is 12.1 Å². The standard InChI is InChI=1S/C24H23F3O3S/c1-5-29-23(28)21-11-10-20(31-21)16(4)30-19-12-14(2)22(15(3)13-19)17-6-8-18(9-7-17)24(25,26)27/h6-13,16H,5H2,1-4H3. The van der Waals surface area contributed by atoms with Gasteiger partial charge >= 0.3 is 12.1 Å². The minimum absolute atomic E-state index is 0.274. The highest BCUT2D eigenvalue weighted by Crippen LogP contribution is 2.36. The number of rotatable bonds is 6. The maximum Gasteiger partial charge on any atom is 0.416 e. The van der Waals surface area contributed by atoms with Gasteiger partial charge in [-0.1, -0.05) is 12.1 Å². The largest absolute Gasteiger partial charge is 0.485 e. The van der Waals surface area contributed by atoms with Gasteiger partial charge in [0.25, 0.3) is 0 Å². The summed E-state index contributed by atoms with van der Waals surface area (Å²) in [6, 6.07) is 12.5. The Hall–Kier alpha value is -2.80. The van der Waals surface area contributed by atoms with Crippen molar-refractivity contribution >= 4 is 17.3 Å². The van der Waals surface area contributed by atoms with E-state index in [1.807, 2.05) is 39.0 Å². The first-order chi connectivity index (χ1) is 14.6. The van der Waals surface area contributed by atoms with E-state index >= 15 is 0 Å². The summed E-state index contributed by atoms with van der Waals surface area (Å²) >= 11 is 1.33. The van der Waals surface area contributed by atoms with Crippen molar-refractivity contribution in [3.8, 4) is 16.9 Å². The first-order valence-corrected chi connectivity index (χ1v) is 10.6. The first-order valence-electron chi connectivity index (χ1n) is 9.82. The second-order valence-corrected chi connectivity index (χ2v) is 8.31. The van der Waals surface area contributed by atoms with Gasteiger partial charge in [-0.05, 0) is 86.3 Å². The maximum absolute atomic E-state index is 12.8. The molecule has 31 heavy (non-hydrogen) atoms. The number of benzene rings is 2. The Bertz CT molecular complexity index is 1050. The normalized spacial score (nSPS) is 12.5. The van der Waals surface area contributed by atoms with Crippen LogP contribution in [0.25, 0.3) is 11.1 Å². The second kappa shape index (κ2) is 9.14. The lowest BCUT2D eigenvalue weighted by Gasteiger charge is -2.17.